The lowest BCUT2D eigenvalue weighted by molar-refractivity contribution is -0.141. The number of hydrogen-bond donors (Lipinski definition) is 1. The molecule has 0 aliphatic carbocycles. The molecule has 1 atom stereocenters. The smallest absolute Gasteiger partial charge is 0.328 e. The number of aryl methyl sites for hydroxylation is 1. The van der Waals surface area contributed by atoms with Gasteiger partial charge in [0.25, 0.3) is 10.9 Å². The summed E-state index contributed by atoms with van der Waals surface area (Å²) < 4.78 is 11.1. The maximum atomic E-state index is 12.6. The fourth-order valence-corrected chi connectivity index (χ4v) is 4.93. The van der Waals surface area contributed by atoms with Crippen LogP contribution in [0.15, 0.2) is 58.4 Å². The average Bonchev–Trinajstić information content (AvgIpc) is 3.21. The summed E-state index contributed by atoms with van der Waals surface area (Å²) in [5.41, 5.74) is 1.18. The van der Waals surface area contributed by atoms with E-state index >= 15 is 0 Å². The number of carbonyl (C=O) groups is 1. The zero-order chi connectivity index (χ0) is 26.6. The molecule has 4 aromatic rings. The number of fused-ring (bicyclic) bond motifs is 1. The second kappa shape index (κ2) is 11.0. The molecule has 2 aromatic heterocycles. The first-order valence-corrected chi connectivity index (χ1v) is 12.9. The molecule has 1 fully saturated rings. The van der Waals surface area contributed by atoms with E-state index in [0.29, 0.717) is 17.3 Å². The van der Waals surface area contributed by atoms with Gasteiger partial charge >= 0.3 is 5.97 Å². The molecule has 9 heteroatoms. The average molecular weight is 515 g/mol. The number of benzene rings is 1. The Morgan fingerprint density at radius 2 is 1.79 bits per heavy atom. The lowest BCUT2D eigenvalue weighted by Crippen LogP contribution is -2.46. The number of aromatic nitrogens is 2. The Hall–Kier alpha value is -4.27. The highest BCUT2D eigenvalue weighted by atomic mass is 16.5. The van der Waals surface area contributed by atoms with E-state index in [1.165, 1.54) is 7.11 Å². The van der Waals surface area contributed by atoms with Crippen molar-refractivity contribution in [2.75, 3.05) is 30.4 Å². The number of pyridine rings is 2. The Balaban J connectivity index is 1.33. The van der Waals surface area contributed by atoms with Gasteiger partial charge in [0.15, 0.2) is 0 Å². The standard InChI is InChI=1S/C29H30N4O5/c1-18-15-20-11-12-30-17-22(20)28(31-18)38-21-9-7-19(8-10-21)16-23(29(36)37-2)32-24-25(27(35)26(24)34)33-13-5-3-4-6-14-33/h7-12,15,17,23,32H,3-6,13-14,16H2,1-2H3/t23-/m0/s1. The molecule has 1 N–H and O–H groups in total. The minimum absolute atomic E-state index is 0.207. The van der Waals surface area contributed by atoms with Crippen molar-refractivity contribution < 1.29 is 14.3 Å². The van der Waals surface area contributed by atoms with Crippen LogP contribution in [-0.4, -0.2) is 42.2 Å². The van der Waals surface area contributed by atoms with E-state index in [1.54, 1.807) is 24.5 Å². The maximum absolute atomic E-state index is 12.6. The largest absolute Gasteiger partial charge is 0.467 e. The number of nitrogens with one attached hydrogen (secondary N) is 1. The van der Waals surface area contributed by atoms with E-state index in [1.807, 2.05) is 36.1 Å². The molecule has 0 bridgehead atoms. The minimum Gasteiger partial charge on any atom is -0.467 e. The van der Waals surface area contributed by atoms with Crippen LogP contribution in [0.4, 0.5) is 11.4 Å². The third kappa shape index (κ3) is 5.22. The van der Waals surface area contributed by atoms with E-state index in [-0.39, 0.29) is 12.1 Å². The molecule has 196 valence electrons. The van der Waals surface area contributed by atoms with E-state index in [2.05, 4.69) is 15.3 Å². The van der Waals surface area contributed by atoms with Gasteiger partial charge in [-0.25, -0.2) is 9.78 Å². The van der Waals surface area contributed by atoms with Gasteiger partial charge in [0.05, 0.1) is 12.5 Å². The highest BCUT2D eigenvalue weighted by Gasteiger charge is 2.30. The molecule has 0 saturated carbocycles. The molecule has 0 unspecified atom stereocenters. The van der Waals surface area contributed by atoms with Crippen LogP contribution in [0.5, 0.6) is 11.6 Å². The quantitative estimate of drug-likeness (QED) is 0.276. The molecule has 0 spiro atoms. The van der Waals surface area contributed by atoms with E-state index in [4.69, 9.17) is 9.47 Å². The second-order valence-corrected chi connectivity index (χ2v) is 9.62. The zero-order valence-electron chi connectivity index (χ0n) is 21.5. The normalized spacial score (nSPS) is 14.7. The molecule has 1 aliphatic rings. The van der Waals surface area contributed by atoms with E-state index < -0.39 is 22.9 Å². The van der Waals surface area contributed by atoms with Crippen LogP contribution in [0.3, 0.4) is 0 Å². The SMILES string of the molecule is COC(=O)[C@H](Cc1ccc(Oc2nc(C)cc3ccncc23)cc1)Nc1c(N2CCCCCC2)c(=O)c1=O. The number of anilines is 2. The van der Waals surface area contributed by atoms with Crippen LogP contribution < -0.4 is 25.8 Å². The Bertz CT molecular complexity index is 1520. The molecule has 5 rings (SSSR count). The first kappa shape index (κ1) is 25.4. The molecule has 9 nitrogen and oxygen atoms in total. The number of esters is 1. The molecular weight excluding hydrogens is 484 g/mol. The number of ether oxygens (including phenoxy) is 2. The summed E-state index contributed by atoms with van der Waals surface area (Å²) >= 11 is 0. The molecule has 0 amide bonds. The van der Waals surface area contributed by atoms with Crippen LogP contribution >= 0.6 is 0 Å². The van der Waals surface area contributed by atoms with Crippen LogP contribution in [0.2, 0.25) is 0 Å². The highest BCUT2D eigenvalue weighted by molar-refractivity contribution is 5.86. The fraction of sp³-hybridized carbons (Fsp3) is 0.345. The van der Waals surface area contributed by atoms with Crippen molar-refractivity contribution in [3.63, 3.8) is 0 Å². The van der Waals surface area contributed by atoms with Gasteiger partial charge in [-0.3, -0.25) is 14.6 Å². The number of hydrogen-bond acceptors (Lipinski definition) is 9. The molecular formula is C29H30N4O5. The molecule has 1 aliphatic heterocycles. The van der Waals surface area contributed by atoms with Crippen molar-refractivity contribution in [1.82, 2.24) is 9.97 Å². The molecule has 38 heavy (non-hydrogen) atoms. The molecule has 3 heterocycles. The monoisotopic (exact) mass is 514 g/mol. The molecule has 1 saturated heterocycles. The Morgan fingerprint density at radius 3 is 2.50 bits per heavy atom. The first-order chi connectivity index (χ1) is 18.4. The second-order valence-electron chi connectivity index (χ2n) is 9.62. The Morgan fingerprint density at radius 1 is 1.05 bits per heavy atom. The van der Waals surface area contributed by atoms with Gasteiger partial charge in [-0.15, -0.1) is 0 Å². The zero-order valence-corrected chi connectivity index (χ0v) is 21.5. The van der Waals surface area contributed by atoms with Crippen molar-refractivity contribution in [3.05, 3.63) is 80.5 Å². The topological polar surface area (TPSA) is 111 Å². The highest BCUT2D eigenvalue weighted by Crippen LogP contribution is 2.29. The van der Waals surface area contributed by atoms with Crippen LogP contribution in [0.1, 0.15) is 36.9 Å². The maximum Gasteiger partial charge on any atom is 0.328 e. The number of methoxy groups -OCH3 is 1. The van der Waals surface area contributed by atoms with E-state index in [0.717, 1.165) is 60.8 Å². The van der Waals surface area contributed by atoms with Gasteiger partial charge in [-0.05, 0) is 55.0 Å². The van der Waals surface area contributed by atoms with Crippen molar-refractivity contribution in [1.29, 1.82) is 0 Å². The summed E-state index contributed by atoms with van der Waals surface area (Å²) in [6, 6.07) is 10.4. The van der Waals surface area contributed by atoms with Gasteiger partial charge in [0, 0.05) is 37.6 Å². The lowest BCUT2D eigenvalue weighted by Gasteiger charge is -2.28. The number of rotatable bonds is 8. The predicted octanol–water partition coefficient (Wildman–Crippen LogP) is 3.90. The fourth-order valence-electron chi connectivity index (χ4n) is 4.93. The third-order valence-corrected chi connectivity index (χ3v) is 6.92. The summed E-state index contributed by atoms with van der Waals surface area (Å²) in [6.45, 7) is 3.36. The molecule has 2 aromatic carbocycles. The minimum atomic E-state index is -0.825. The van der Waals surface area contributed by atoms with Gasteiger partial charge < -0.3 is 19.7 Å². The summed E-state index contributed by atoms with van der Waals surface area (Å²) in [6.07, 6.45) is 7.86. The van der Waals surface area contributed by atoms with Crippen LogP contribution in [0.25, 0.3) is 10.8 Å². The van der Waals surface area contributed by atoms with Crippen molar-refractivity contribution in [2.24, 2.45) is 0 Å². The summed E-state index contributed by atoms with van der Waals surface area (Å²) in [7, 11) is 1.31. The Kier molecular flexibility index (Phi) is 7.35. The lowest BCUT2D eigenvalue weighted by atomic mass is 10.0. The number of carbonyl (C=O) groups excluding carboxylic acids is 1. The van der Waals surface area contributed by atoms with Crippen molar-refractivity contribution >= 4 is 28.1 Å². The summed E-state index contributed by atoms with van der Waals surface area (Å²) in [5.74, 6) is 0.546. The third-order valence-electron chi connectivity index (χ3n) is 6.92. The Labute approximate surface area is 220 Å². The first-order valence-electron chi connectivity index (χ1n) is 12.9. The summed E-state index contributed by atoms with van der Waals surface area (Å²) in [4.78, 5) is 48.2. The van der Waals surface area contributed by atoms with Crippen molar-refractivity contribution in [2.45, 2.75) is 45.1 Å². The van der Waals surface area contributed by atoms with Crippen LogP contribution in [0, 0.1) is 6.92 Å². The van der Waals surface area contributed by atoms with Gasteiger partial charge in [-0.1, -0.05) is 25.0 Å². The van der Waals surface area contributed by atoms with Crippen LogP contribution in [-0.2, 0) is 16.0 Å². The van der Waals surface area contributed by atoms with Crippen molar-refractivity contribution in [3.8, 4) is 11.6 Å². The summed E-state index contributed by atoms with van der Waals surface area (Å²) in [5, 5.41) is 4.83. The van der Waals surface area contributed by atoms with Gasteiger partial charge in [0.1, 0.15) is 23.2 Å². The predicted molar refractivity (Wildman–Crippen MR) is 146 cm³/mol. The van der Waals surface area contributed by atoms with Gasteiger partial charge in [0.2, 0.25) is 5.88 Å². The van der Waals surface area contributed by atoms with E-state index in [9.17, 15) is 14.4 Å². The molecule has 0 radical (unpaired) electrons. The number of nitrogens with zero attached hydrogens (tertiary/aromatic N) is 3. The van der Waals surface area contributed by atoms with Gasteiger partial charge in [-0.2, -0.15) is 0 Å².